The van der Waals surface area contributed by atoms with Crippen molar-refractivity contribution < 1.29 is 19.4 Å². The fraction of sp³-hybridized carbons (Fsp3) is 0.129. The number of carbonyl (C=O) groups excluding carboxylic acids is 1. The van der Waals surface area contributed by atoms with Crippen LogP contribution in [0, 0.1) is 0 Å². The Hall–Kier alpha value is -4.49. The van der Waals surface area contributed by atoms with Crippen LogP contribution in [0.2, 0.25) is 0 Å². The first-order valence-corrected chi connectivity index (χ1v) is 13.2. The van der Waals surface area contributed by atoms with E-state index in [-0.39, 0.29) is 6.61 Å². The zero-order valence-electron chi connectivity index (χ0n) is 20.4. The van der Waals surface area contributed by atoms with Gasteiger partial charge in [0, 0.05) is 11.6 Å². The zero-order valence-corrected chi connectivity index (χ0v) is 21.2. The van der Waals surface area contributed by atoms with Gasteiger partial charge >= 0.3 is 12.1 Å². The van der Waals surface area contributed by atoms with Gasteiger partial charge in [-0.05, 0) is 52.8 Å². The van der Waals surface area contributed by atoms with Gasteiger partial charge in [0.1, 0.15) is 11.4 Å². The number of carboxylic acids is 1. The highest BCUT2D eigenvalue weighted by atomic mass is 32.1. The number of carbonyl (C=O) groups is 2. The van der Waals surface area contributed by atoms with Crippen LogP contribution in [0.15, 0.2) is 97.2 Å². The topological polar surface area (TPSA) is 88.5 Å². The summed E-state index contributed by atoms with van der Waals surface area (Å²) in [6, 6.07) is 29.3. The van der Waals surface area contributed by atoms with Gasteiger partial charge in [0.15, 0.2) is 0 Å². The molecule has 0 atom stereocenters. The Morgan fingerprint density at radius 3 is 2.18 bits per heavy atom. The molecule has 6 rings (SSSR count). The Labute approximate surface area is 223 Å². The van der Waals surface area contributed by atoms with Crippen molar-refractivity contribution in [2.24, 2.45) is 0 Å². The average molecular weight is 521 g/mol. The van der Waals surface area contributed by atoms with Gasteiger partial charge in [-0.2, -0.15) is 0 Å². The van der Waals surface area contributed by atoms with Gasteiger partial charge in [-0.1, -0.05) is 78.9 Å². The summed E-state index contributed by atoms with van der Waals surface area (Å²) in [6.45, 7) is 0.184. The van der Waals surface area contributed by atoms with Crippen molar-refractivity contribution in [2.75, 3.05) is 5.32 Å². The maximum absolute atomic E-state index is 12.7. The quantitative estimate of drug-likeness (QED) is 0.232. The third-order valence-electron chi connectivity index (χ3n) is 6.98. The molecule has 0 bridgehead atoms. The molecule has 7 heteroatoms. The fourth-order valence-corrected chi connectivity index (χ4v) is 5.77. The van der Waals surface area contributed by atoms with Gasteiger partial charge in [0.2, 0.25) is 0 Å². The second-order valence-corrected chi connectivity index (χ2v) is 10.4. The van der Waals surface area contributed by atoms with Gasteiger partial charge < -0.3 is 9.84 Å². The van der Waals surface area contributed by atoms with Crippen molar-refractivity contribution in [3.05, 3.63) is 108 Å². The van der Waals surface area contributed by atoms with Gasteiger partial charge in [0.25, 0.3) is 0 Å². The van der Waals surface area contributed by atoms with E-state index in [1.807, 2.05) is 91.0 Å². The number of hydrogen-bond donors (Lipinski definition) is 2. The molecular formula is C31H24N2O4S. The van der Waals surface area contributed by atoms with Crippen molar-refractivity contribution in [3.8, 4) is 21.6 Å². The molecule has 2 N–H and O–H groups in total. The second-order valence-electron chi connectivity index (χ2n) is 9.39. The van der Waals surface area contributed by atoms with Crippen molar-refractivity contribution in [1.29, 1.82) is 0 Å². The number of carboxylic acid groups (broad SMARTS) is 1. The molecule has 5 aromatic rings. The fourth-order valence-electron chi connectivity index (χ4n) is 4.67. The number of anilines is 1. The first-order chi connectivity index (χ1) is 18.5. The molecule has 1 amide bonds. The van der Waals surface area contributed by atoms with Gasteiger partial charge in [-0.15, -0.1) is 11.3 Å². The van der Waals surface area contributed by atoms with Crippen LogP contribution in [0.5, 0.6) is 0 Å². The molecule has 1 aliphatic carbocycles. The first kappa shape index (κ1) is 23.9. The monoisotopic (exact) mass is 520 g/mol. The van der Waals surface area contributed by atoms with Crippen LogP contribution in [0.4, 0.5) is 10.5 Å². The van der Waals surface area contributed by atoms with Crippen molar-refractivity contribution in [2.45, 2.75) is 24.9 Å². The highest BCUT2D eigenvalue weighted by Crippen LogP contribution is 2.48. The summed E-state index contributed by atoms with van der Waals surface area (Å²) in [6.07, 6.45) is 2.60. The standard InChI is InChI=1S/C31H24N2O4S/c34-29(35)31(16-17-31)24-14-12-22(13-15-24)21-8-10-23(11-9-21)27-26(25-7-4-18-32-28(25)38-27)33-30(36)37-19-20-5-2-1-3-6-20/h1-15,18H,16-17,19H2,(H,33,36)(H,34,35). The third kappa shape index (κ3) is 4.53. The van der Waals surface area contributed by atoms with E-state index in [1.54, 1.807) is 6.20 Å². The summed E-state index contributed by atoms with van der Waals surface area (Å²) >= 11 is 1.51. The summed E-state index contributed by atoms with van der Waals surface area (Å²) in [5.74, 6) is -0.749. The van der Waals surface area contributed by atoms with E-state index in [2.05, 4.69) is 10.3 Å². The number of aromatic nitrogens is 1. The van der Waals surface area contributed by atoms with E-state index in [9.17, 15) is 14.7 Å². The normalized spacial score (nSPS) is 13.7. The molecule has 38 heavy (non-hydrogen) atoms. The zero-order chi connectivity index (χ0) is 26.1. The lowest BCUT2D eigenvalue weighted by molar-refractivity contribution is -0.140. The van der Waals surface area contributed by atoms with E-state index in [0.717, 1.165) is 42.9 Å². The molecule has 6 nitrogen and oxygen atoms in total. The molecule has 0 spiro atoms. The van der Waals surface area contributed by atoms with Crippen LogP contribution < -0.4 is 5.32 Å². The van der Waals surface area contributed by atoms with E-state index >= 15 is 0 Å². The summed E-state index contributed by atoms with van der Waals surface area (Å²) in [5, 5.41) is 13.4. The second kappa shape index (κ2) is 9.76. The van der Waals surface area contributed by atoms with Crippen molar-refractivity contribution in [3.63, 3.8) is 0 Å². The number of thiophene rings is 1. The summed E-state index contributed by atoms with van der Waals surface area (Å²) in [4.78, 5) is 30.6. The molecule has 0 aliphatic heterocycles. The Morgan fingerprint density at radius 1 is 0.868 bits per heavy atom. The van der Waals surface area contributed by atoms with E-state index in [0.29, 0.717) is 18.5 Å². The Balaban J connectivity index is 1.24. The molecule has 188 valence electrons. The van der Waals surface area contributed by atoms with Crippen LogP contribution >= 0.6 is 11.3 Å². The van der Waals surface area contributed by atoms with E-state index < -0.39 is 17.5 Å². The van der Waals surface area contributed by atoms with E-state index in [4.69, 9.17) is 4.74 Å². The molecule has 1 fully saturated rings. The van der Waals surface area contributed by atoms with Crippen LogP contribution in [0.3, 0.4) is 0 Å². The molecule has 0 saturated heterocycles. The maximum atomic E-state index is 12.7. The highest BCUT2D eigenvalue weighted by Gasteiger charge is 2.51. The Kier molecular flexibility index (Phi) is 6.13. The van der Waals surface area contributed by atoms with Crippen LogP contribution in [-0.4, -0.2) is 22.2 Å². The number of fused-ring (bicyclic) bond motifs is 1. The molecule has 1 aliphatic rings. The first-order valence-electron chi connectivity index (χ1n) is 12.3. The lowest BCUT2D eigenvalue weighted by Gasteiger charge is -2.11. The number of nitrogens with zero attached hydrogens (tertiary/aromatic N) is 1. The van der Waals surface area contributed by atoms with Gasteiger partial charge in [0.05, 0.1) is 16.0 Å². The summed E-state index contributed by atoms with van der Waals surface area (Å²) in [7, 11) is 0. The molecule has 1 saturated carbocycles. The number of rotatable bonds is 7. The van der Waals surface area contributed by atoms with Gasteiger partial charge in [-0.3, -0.25) is 10.1 Å². The van der Waals surface area contributed by atoms with Crippen LogP contribution in [0.1, 0.15) is 24.0 Å². The number of hydrogen-bond acceptors (Lipinski definition) is 5. The van der Waals surface area contributed by atoms with Gasteiger partial charge in [-0.25, -0.2) is 9.78 Å². The van der Waals surface area contributed by atoms with Crippen LogP contribution in [-0.2, 0) is 21.6 Å². The summed E-state index contributed by atoms with van der Waals surface area (Å²) in [5.41, 5.74) is 4.74. The van der Waals surface area contributed by atoms with Crippen LogP contribution in [0.25, 0.3) is 31.8 Å². The number of amides is 1. The van der Waals surface area contributed by atoms with E-state index in [1.165, 1.54) is 11.3 Å². The molecule has 0 radical (unpaired) electrons. The molecule has 2 heterocycles. The van der Waals surface area contributed by atoms with Crippen molar-refractivity contribution >= 4 is 39.3 Å². The SMILES string of the molecule is O=C(Nc1c(-c2ccc(-c3ccc(C4(C(=O)O)CC4)cc3)cc2)sc2ncccc12)OCc1ccccc1. The smallest absolute Gasteiger partial charge is 0.412 e. The third-order valence-corrected chi connectivity index (χ3v) is 8.15. The number of ether oxygens (including phenoxy) is 1. The highest BCUT2D eigenvalue weighted by molar-refractivity contribution is 7.22. The Bertz CT molecular complexity index is 1620. The minimum absolute atomic E-state index is 0.184. The molecule has 0 unspecified atom stereocenters. The predicted molar refractivity (Wildman–Crippen MR) is 149 cm³/mol. The Morgan fingerprint density at radius 2 is 1.53 bits per heavy atom. The molecule has 2 aromatic heterocycles. The predicted octanol–water partition coefficient (Wildman–Crippen LogP) is 7.50. The lowest BCUT2D eigenvalue weighted by Crippen LogP contribution is -2.19. The number of nitrogens with one attached hydrogen (secondary N) is 1. The minimum atomic E-state index is -0.749. The maximum Gasteiger partial charge on any atom is 0.412 e. The largest absolute Gasteiger partial charge is 0.481 e. The average Bonchev–Trinajstić information content (AvgIpc) is 3.70. The molecular weight excluding hydrogens is 496 g/mol. The lowest BCUT2D eigenvalue weighted by atomic mass is 9.93. The number of aliphatic carboxylic acids is 1. The summed E-state index contributed by atoms with van der Waals surface area (Å²) < 4.78 is 5.47. The minimum Gasteiger partial charge on any atom is -0.481 e. The number of benzene rings is 3. The number of pyridine rings is 1. The molecule has 3 aromatic carbocycles. The van der Waals surface area contributed by atoms with Crippen molar-refractivity contribution in [1.82, 2.24) is 4.98 Å².